The van der Waals surface area contributed by atoms with Crippen LogP contribution in [0.25, 0.3) is 0 Å². The van der Waals surface area contributed by atoms with E-state index in [2.05, 4.69) is 17.2 Å². The molecule has 0 radical (unpaired) electrons. The number of nitrogens with zero attached hydrogens (tertiary/aromatic N) is 1. The third-order valence-electron chi connectivity index (χ3n) is 4.63. The molecule has 1 atom stereocenters. The van der Waals surface area contributed by atoms with E-state index in [9.17, 15) is 14.4 Å². The Hall–Kier alpha value is -3.41. The van der Waals surface area contributed by atoms with E-state index in [0.717, 1.165) is 10.6 Å². The largest absolute Gasteiger partial charge is 0.355 e. The van der Waals surface area contributed by atoms with Crippen molar-refractivity contribution in [3.05, 3.63) is 71.9 Å². The van der Waals surface area contributed by atoms with E-state index >= 15 is 0 Å². The van der Waals surface area contributed by atoms with Crippen molar-refractivity contribution in [1.82, 2.24) is 10.2 Å². The van der Waals surface area contributed by atoms with E-state index in [-0.39, 0.29) is 5.91 Å². The van der Waals surface area contributed by atoms with Gasteiger partial charge in [0.05, 0.1) is 16.8 Å². The molecule has 6 heteroatoms. The van der Waals surface area contributed by atoms with Gasteiger partial charge in [-0.2, -0.15) is 0 Å². The first-order valence-electron chi connectivity index (χ1n) is 8.38. The Balaban J connectivity index is 1.69. The summed E-state index contributed by atoms with van der Waals surface area (Å²) < 4.78 is 0. The van der Waals surface area contributed by atoms with Crippen molar-refractivity contribution in [2.45, 2.75) is 18.9 Å². The van der Waals surface area contributed by atoms with Gasteiger partial charge in [0, 0.05) is 11.4 Å². The van der Waals surface area contributed by atoms with Crippen molar-refractivity contribution in [3.8, 4) is 0 Å². The van der Waals surface area contributed by atoms with Crippen LogP contribution in [0.2, 0.25) is 0 Å². The molecule has 2 heterocycles. The standard InChI is InChI=1S/C20H17N3O3/c1-12-10-11-16(18(24)21-12)23-19(25)14-8-5-9-15(17(14)20(23)26)22-13-6-3-2-4-7-13/h2-9,16,22H,1,10-11H2,(H,21,24). The number of piperidine rings is 1. The molecule has 130 valence electrons. The van der Waals surface area contributed by atoms with Gasteiger partial charge >= 0.3 is 0 Å². The SMILES string of the molecule is C=C1CCC(N2C(=O)c3cccc(Nc4ccccc4)c3C2=O)C(=O)N1. The first-order valence-corrected chi connectivity index (χ1v) is 8.38. The second-order valence-electron chi connectivity index (χ2n) is 6.35. The number of benzene rings is 2. The fourth-order valence-corrected chi connectivity index (χ4v) is 3.38. The number of rotatable bonds is 3. The molecule has 0 bridgehead atoms. The van der Waals surface area contributed by atoms with Gasteiger partial charge in [0.2, 0.25) is 5.91 Å². The first kappa shape index (κ1) is 16.1. The molecule has 1 fully saturated rings. The number of carbonyl (C=O) groups is 3. The molecule has 2 N–H and O–H groups in total. The normalized spacial score (nSPS) is 19.4. The Bertz CT molecular complexity index is 937. The highest BCUT2D eigenvalue weighted by molar-refractivity contribution is 6.25. The molecule has 0 saturated carbocycles. The quantitative estimate of drug-likeness (QED) is 0.837. The summed E-state index contributed by atoms with van der Waals surface area (Å²) in [5.41, 5.74) is 2.59. The zero-order chi connectivity index (χ0) is 18.3. The van der Waals surface area contributed by atoms with Crippen molar-refractivity contribution >= 4 is 29.1 Å². The van der Waals surface area contributed by atoms with Crippen LogP contribution < -0.4 is 10.6 Å². The van der Waals surface area contributed by atoms with Gasteiger partial charge in [0.1, 0.15) is 6.04 Å². The van der Waals surface area contributed by atoms with Crippen molar-refractivity contribution in [2.24, 2.45) is 0 Å². The van der Waals surface area contributed by atoms with Crippen LogP contribution in [0, 0.1) is 0 Å². The van der Waals surface area contributed by atoms with Crippen LogP contribution in [0.15, 0.2) is 60.8 Å². The number of hydrogen-bond donors (Lipinski definition) is 2. The van der Waals surface area contributed by atoms with E-state index in [1.54, 1.807) is 18.2 Å². The van der Waals surface area contributed by atoms with Crippen LogP contribution in [0.1, 0.15) is 33.6 Å². The molecule has 2 aromatic carbocycles. The Morgan fingerprint density at radius 3 is 2.50 bits per heavy atom. The third kappa shape index (κ3) is 2.56. The second-order valence-corrected chi connectivity index (χ2v) is 6.35. The van der Waals surface area contributed by atoms with Crippen LogP contribution in [-0.2, 0) is 4.79 Å². The summed E-state index contributed by atoms with van der Waals surface area (Å²) in [6.45, 7) is 3.73. The topological polar surface area (TPSA) is 78.5 Å². The number of imide groups is 1. The van der Waals surface area contributed by atoms with Gasteiger partial charge in [-0.3, -0.25) is 19.3 Å². The Morgan fingerprint density at radius 2 is 1.77 bits per heavy atom. The summed E-state index contributed by atoms with van der Waals surface area (Å²) >= 11 is 0. The van der Waals surface area contributed by atoms with Gasteiger partial charge in [-0.15, -0.1) is 0 Å². The van der Waals surface area contributed by atoms with Gasteiger partial charge in [0.15, 0.2) is 0 Å². The Labute approximate surface area is 150 Å². The summed E-state index contributed by atoms with van der Waals surface area (Å²) in [6.07, 6.45) is 0.927. The van der Waals surface area contributed by atoms with E-state index in [1.807, 2.05) is 30.3 Å². The Morgan fingerprint density at radius 1 is 1.00 bits per heavy atom. The summed E-state index contributed by atoms with van der Waals surface area (Å²) in [5, 5.41) is 5.82. The first-order chi connectivity index (χ1) is 12.6. The maximum Gasteiger partial charge on any atom is 0.264 e. The summed E-state index contributed by atoms with van der Waals surface area (Å²) in [5.74, 6) is -1.25. The number of fused-ring (bicyclic) bond motifs is 1. The predicted octanol–water partition coefficient (Wildman–Crippen LogP) is 2.82. The van der Waals surface area contributed by atoms with Gasteiger partial charge in [-0.25, -0.2) is 0 Å². The zero-order valence-corrected chi connectivity index (χ0v) is 14.0. The summed E-state index contributed by atoms with van der Waals surface area (Å²) in [6, 6.07) is 13.7. The number of amides is 3. The van der Waals surface area contributed by atoms with E-state index < -0.39 is 17.9 Å². The highest BCUT2D eigenvalue weighted by Crippen LogP contribution is 2.34. The molecular weight excluding hydrogens is 330 g/mol. The minimum atomic E-state index is -0.808. The van der Waals surface area contributed by atoms with Crippen molar-refractivity contribution in [1.29, 1.82) is 0 Å². The number of hydrogen-bond acceptors (Lipinski definition) is 4. The van der Waals surface area contributed by atoms with Crippen molar-refractivity contribution in [2.75, 3.05) is 5.32 Å². The minimum absolute atomic E-state index is 0.304. The number of para-hydroxylation sites is 1. The van der Waals surface area contributed by atoms with Gasteiger partial charge in [0.25, 0.3) is 11.8 Å². The zero-order valence-electron chi connectivity index (χ0n) is 14.0. The van der Waals surface area contributed by atoms with Crippen molar-refractivity contribution in [3.63, 3.8) is 0 Å². The maximum atomic E-state index is 13.0. The van der Waals surface area contributed by atoms with Gasteiger partial charge < -0.3 is 10.6 Å². The highest BCUT2D eigenvalue weighted by Gasteiger charge is 2.44. The Kier molecular flexibility index (Phi) is 3.80. The summed E-state index contributed by atoms with van der Waals surface area (Å²) in [4.78, 5) is 39.2. The highest BCUT2D eigenvalue weighted by atomic mass is 16.2. The molecule has 1 unspecified atom stereocenters. The predicted molar refractivity (Wildman–Crippen MR) is 97.0 cm³/mol. The molecule has 3 amide bonds. The number of carbonyl (C=O) groups excluding carboxylic acids is 3. The smallest absolute Gasteiger partial charge is 0.264 e. The molecule has 4 rings (SSSR count). The van der Waals surface area contributed by atoms with Crippen molar-refractivity contribution < 1.29 is 14.4 Å². The molecular formula is C20H17N3O3. The van der Waals surface area contributed by atoms with Crippen LogP contribution in [-0.4, -0.2) is 28.7 Å². The van der Waals surface area contributed by atoms with Gasteiger partial charge in [-0.05, 0) is 37.1 Å². The molecule has 2 aliphatic heterocycles. The molecule has 0 aromatic heterocycles. The molecule has 26 heavy (non-hydrogen) atoms. The van der Waals surface area contributed by atoms with Gasteiger partial charge in [-0.1, -0.05) is 30.8 Å². The lowest BCUT2D eigenvalue weighted by Crippen LogP contribution is -2.51. The maximum absolute atomic E-state index is 13.0. The lowest BCUT2D eigenvalue weighted by atomic mass is 10.0. The van der Waals surface area contributed by atoms with Crippen LogP contribution in [0.5, 0.6) is 0 Å². The summed E-state index contributed by atoms with van der Waals surface area (Å²) in [7, 11) is 0. The van der Waals surface area contributed by atoms with Crippen LogP contribution in [0.3, 0.4) is 0 Å². The number of nitrogens with one attached hydrogen (secondary N) is 2. The average Bonchev–Trinajstić information content (AvgIpc) is 2.88. The molecule has 6 nitrogen and oxygen atoms in total. The fraction of sp³-hybridized carbons (Fsp3) is 0.150. The third-order valence-corrected chi connectivity index (χ3v) is 4.63. The molecule has 0 aliphatic carbocycles. The van der Waals surface area contributed by atoms with E-state index in [4.69, 9.17) is 0 Å². The van der Waals surface area contributed by atoms with Crippen LogP contribution in [0.4, 0.5) is 11.4 Å². The molecule has 2 aliphatic rings. The molecule has 2 aromatic rings. The average molecular weight is 347 g/mol. The van der Waals surface area contributed by atoms with E-state index in [1.165, 1.54) is 0 Å². The monoisotopic (exact) mass is 347 g/mol. The fourth-order valence-electron chi connectivity index (χ4n) is 3.38. The number of anilines is 2. The van der Waals surface area contributed by atoms with E-state index in [0.29, 0.717) is 35.4 Å². The second kappa shape index (κ2) is 6.15. The van der Waals surface area contributed by atoms with Crippen LogP contribution >= 0.6 is 0 Å². The lowest BCUT2D eigenvalue weighted by molar-refractivity contribution is -0.125. The minimum Gasteiger partial charge on any atom is -0.355 e. The molecule has 1 saturated heterocycles. The number of allylic oxidation sites excluding steroid dienone is 1. The lowest BCUT2D eigenvalue weighted by Gasteiger charge is -2.29. The molecule has 0 spiro atoms.